The van der Waals surface area contributed by atoms with Crippen LogP contribution in [0.5, 0.6) is 5.75 Å². The number of ketones is 1. The van der Waals surface area contributed by atoms with Crippen LogP contribution in [0.1, 0.15) is 10.4 Å². The van der Waals surface area contributed by atoms with Crippen LogP contribution in [0.15, 0.2) is 21.1 Å². The summed E-state index contributed by atoms with van der Waals surface area (Å²) >= 11 is 5.75. The first-order valence-electron chi connectivity index (χ1n) is 3.53. The number of phenolic OH excluding ortho intramolecular Hbond substituents is 1. The van der Waals surface area contributed by atoms with Gasteiger partial charge in [0.15, 0.2) is 0 Å². The quantitative estimate of drug-likeness (QED) is 0.787. The van der Waals surface area contributed by atoms with E-state index in [1.807, 2.05) is 0 Å². The number of hydrogen-bond acceptors (Lipinski definition) is 2. The van der Waals surface area contributed by atoms with Crippen molar-refractivity contribution in [2.24, 2.45) is 0 Å². The summed E-state index contributed by atoms with van der Waals surface area (Å²) < 4.78 is 36.5. The predicted molar refractivity (Wildman–Crippen MR) is 53.9 cm³/mol. The fraction of sp³-hybridized carbons (Fsp3) is 0.125. The summed E-state index contributed by atoms with van der Waals surface area (Å²) in [5.41, 5.74) is -0.788. The molecule has 0 aliphatic rings. The summed E-state index contributed by atoms with van der Waals surface area (Å²) in [6.07, 6.45) is -5.00. The van der Waals surface area contributed by atoms with Crippen LogP contribution in [0.25, 0.3) is 0 Å². The van der Waals surface area contributed by atoms with Crippen molar-refractivity contribution < 1.29 is 23.1 Å². The largest absolute Gasteiger partial charge is 0.506 e. The number of phenols is 1. The van der Waals surface area contributed by atoms with Crippen molar-refractivity contribution in [1.82, 2.24) is 0 Å². The van der Waals surface area contributed by atoms with Gasteiger partial charge in [-0.2, -0.15) is 13.2 Å². The molecule has 0 amide bonds. The van der Waals surface area contributed by atoms with Crippen LogP contribution in [0.3, 0.4) is 0 Å². The van der Waals surface area contributed by atoms with E-state index in [-0.39, 0.29) is 8.95 Å². The van der Waals surface area contributed by atoms with Crippen molar-refractivity contribution in [2.75, 3.05) is 0 Å². The highest BCUT2D eigenvalue weighted by molar-refractivity contribution is 9.11. The predicted octanol–water partition coefficient (Wildman–Crippen LogP) is 3.66. The van der Waals surface area contributed by atoms with Crippen molar-refractivity contribution in [3.05, 3.63) is 26.6 Å². The Kier molecular flexibility index (Phi) is 3.44. The molecule has 0 fully saturated rings. The molecular formula is C8H3Br2F3O2. The molecule has 82 valence electrons. The van der Waals surface area contributed by atoms with Gasteiger partial charge < -0.3 is 5.11 Å². The highest BCUT2D eigenvalue weighted by atomic mass is 79.9. The van der Waals surface area contributed by atoms with Gasteiger partial charge in [0, 0.05) is 4.47 Å². The lowest BCUT2D eigenvalue weighted by molar-refractivity contribution is -0.0886. The third kappa shape index (κ3) is 2.72. The highest BCUT2D eigenvalue weighted by Gasteiger charge is 2.41. The molecule has 1 N–H and O–H groups in total. The van der Waals surface area contributed by atoms with Gasteiger partial charge >= 0.3 is 6.18 Å². The standard InChI is InChI=1S/C8H3Br2F3O2/c9-3-1-4(6(14)5(10)2-3)7(15)8(11,12)13/h1-2,14H. The van der Waals surface area contributed by atoms with Crippen LogP contribution in [0.2, 0.25) is 0 Å². The van der Waals surface area contributed by atoms with E-state index in [1.54, 1.807) is 0 Å². The molecule has 1 aromatic rings. The molecule has 7 heteroatoms. The van der Waals surface area contributed by atoms with Gasteiger partial charge in [0.25, 0.3) is 5.78 Å². The first-order chi connectivity index (χ1) is 6.73. The van der Waals surface area contributed by atoms with E-state index in [0.717, 1.165) is 6.07 Å². The normalized spacial score (nSPS) is 11.5. The molecule has 0 aliphatic carbocycles. The Bertz CT molecular complexity index is 415. The average molecular weight is 348 g/mol. The molecule has 0 saturated carbocycles. The monoisotopic (exact) mass is 346 g/mol. The van der Waals surface area contributed by atoms with Crippen molar-refractivity contribution in [2.45, 2.75) is 6.18 Å². The topological polar surface area (TPSA) is 37.3 Å². The Morgan fingerprint density at radius 3 is 2.27 bits per heavy atom. The van der Waals surface area contributed by atoms with Gasteiger partial charge in [0.1, 0.15) is 5.75 Å². The second-order valence-electron chi connectivity index (χ2n) is 2.61. The second kappa shape index (κ2) is 4.13. The Morgan fingerprint density at radius 2 is 1.80 bits per heavy atom. The Labute approximate surface area is 99.3 Å². The molecule has 15 heavy (non-hydrogen) atoms. The summed E-state index contributed by atoms with van der Waals surface area (Å²) in [7, 11) is 0. The second-order valence-corrected chi connectivity index (χ2v) is 4.38. The molecule has 1 rings (SSSR count). The minimum atomic E-state index is -5.00. The molecule has 0 atom stereocenters. The number of halogens is 5. The SMILES string of the molecule is O=C(c1cc(Br)cc(Br)c1O)C(F)(F)F. The average Bonchev–Trinajstić information content (AvgIpc) is 2.08. The lowest BCUT2D eigenvalue weighted by Crippen LogP contribution is -2.22. The van der Waals surface area contributed by atoms with Crippen LogP contribution in [0.4, 0.5) is 13.2 Å². The van der Waals surface area contributed by atoms with Crippen molar-refractivity contribution in [1.29, 1.82) is 0 Å². The zero-order valence-corrected chi connectivity index (χ0v) is 10.1. The summed E-state index contributed by atoms with van der Waals surface area (Å²) in [5, 5.41) is 9.27. The van der Waals surface area contributed by atoms with Crippen LogP contribution in [0, 0.1) is 0 Å². The maximum absolute atomic E-state index is 12.1. The maximum atomic E-state index is 12.1. The lowest BCUT2D eigenvalue weighted by Gasteiger charge is -2.08. The van der Waals surface area contributed by atoms with E-state index in [9.17, 15) is 23.1 Å². The van der Waals surface area contributed by atoms with E-state index in [1.165, 1.54) is 6.07 Å². The highest BCUT2D eigenvalue weighted by Crippen LogP contribution is 2.35. The number of alkyl halides is 3. The van der Waals surface area contributed by atoms with Crippen molar-refractivity contribution in [3.8, 4) is 5.75 Å². The van der Waals surface area contributed by atoms with Crippen LogP contribution >= 0.6 is 31.9 Å². The number of aromatic hydroxyl groups is 1. The minimum absolute atomic E-state index is 0.0180. The van der Waals surface area contributed by atoms with Crippen LogP contribution < -0.4 is 0 Å². The number of carbonyl (C=O) groups is 1. The molecule has 0 heterocycles. The summed E-state index contributed by atoms with van der Waals surface area (Å²) in [5.74, 6) is -2.80. The first kappa shape index (κ1) is 12.5. The van der Waals surface area contributed by atoms with E-state index in [0.29, 0.717) is 0 Å². The van der Waals surface area contributed by atoms with E-state index in [2.05, 4.69) is 31.9 Å². The summed E-state index contributed by atoms with van der Waals surface area (Å²) in [6, 6.07) is 2.25. The molecule has 0 unspecified atom stereocenters. The smallest absolute Gasteiger partial charge is 0.455 e. The molecule has 2 nitrogen and oxygen atoms in total. The summed E-state index contributed by atoms with van der Waals surface area (Å²) in [4.78, 5) is 10.9. The number of rotatable bonds is 1. The molecule has 0 aromatic heterocycles. The number of hydrogen-bond donors (Lipinski definition) is 1. The Morgan fingerprint density at radius 1 is 1.27 bits per heavy atom. The van der Waals surface area contributed by atoms with E-state index >= 15 is 0 Å². The zero-order valence-electron chi connectivity index (χ0n) is 6.90. The lowest BCUT2D eigenvalue weighted by atomic mass is 10.1. The van der Waals surface area contributed by atoms with Crippen LogP contribution in [-0.4, -0.2) is 17.1 Å². The molecular weight excluding hydrogens is 345 g/mol. The third-order valence-electron chi connectivity index (χ3n) is 1.53. The zero-order chi connectivity index (χ0) is 11.8. The molecule has 0 radical (unpaired) electrons. The van der Waals surface area contributed by atoms with Gasteiger partial charge in [0.2, 0.25) is 0 Å². The molecule has 1 aromatic carbocycles. The number of benzene rings is 1. The van der Waals surface area contributed by atoms with Gasteiger partial charge in [-0.15, -0.1) is 0 Å². The molecule has 0 spiro atoms. The van der Waals surface area contributed by atoms with Crippen LogP contribution in [-0.2, 0) is 0 Å². The summed E-state index contributed by atoms with van der Waals surface area (Å²) in [6.45, 7) is 0. The van der Waals surface area contributed by atoms with Gasteiger partial charge in [-0.1, -0.05) is 15.9 Å². The molecule has 0 aliphatic heterocycles. The van der Waals surface area contributed by atoms with E-state index < -0.39 is 23.3 Å². The fourth-order valence-corrected chi connectivity index (χ4v) is 2.12. The first-order valence-corrected chi connectivity index (χ1v) is 5.11. The molecule has 0 saturated heterocycles. The number of carbonyl (C=O) groups excluding carboxylic acids is 1. The van der Waals surface area contributed by atoms with Crippen molar-refractivity contribution in [3.63, 3.8) is 0 Å². The maximum Gasteiger partial charge on any atom is 0.455 e. The van der Waals surface area contributed by atoms with Gasteiger partial charge in [-0.05, 0) is 28.1 Å². The Hall–Kier alpha value is -0.560. The van der Waals surface area contributed by atoms with Crippen molar-refractivity contribution >= 4 is 37.6 Å². The van der Waals surface area contributed by atoms with Gasteiger partial charge in [-0.25, -0.2) is 0 Å². The molecule has 0 bridgehead atoms. The Balaban J connectivity index is 3.32. The van der Waals surface area contributed by atoms with E-state index in [4.69, 9.17) is 0 Å². The van der Waals surface area contributed by atoms with Gasteiger partial charge in [-0.3, -0.25) is 4.79 Å². The minimum Gasteiger partial charge on any atom is -0.506 e. The number of Topliss-reactive ketones (excluding diaryl/α,β-unsaturated/α-hetero) is 1. The fourth-order valence-electron chi connectivity index (χ4n) is 0.892. The third-order valence-corrected chi connectivity index (χ3v) is 2.59. The van der Waals surface area contributed by atoms with Gasteiger partial charge in [0.05, 0.1) is 10.0 Å².